The molecule has 144 valence electrons. The molecule has 3 aromatic heterocycles. The summed E-state index contributed by atoms with van der Waals surface area (Å²) in [4.78, 5) is 0. The fourth-order valence-corrected chi connectivity index (χ4v) is 4.12. The average molecular weight is 434 g/mol. The quantitative estimate of drug-likeness (QED) is 0.465. The normalized spacial score (nSPS) is 12.3. The molecule has 0 spiro atoms. The SMILES string of the molecule is Cc1ccnn1[C@H](C)c1nnc(Nc2ccn(Cc3c(Cl)cccc3Cl)n2)s1. The van der Waals surface area contributed by atoms with Gasteiger partial charge >= 0.3 is 0 Å². The zero-order valence-electron chi connectivity index (χ0n) is 15.2. The predicted octanol–water partition coefficient (Wildman–Crippen LogP) is 4.95. The molecule has 0 bridgehead atoms. The predicted molar refractivity (Wildman–Crippen MR) is 112 cm³/mol. The second kappa shape index (κ2) is 7.90. The van der Waals surface area contributed by atoms with Crippen LogP contribution in [0.1, 0.15) is 29.2 Å². The van der Waals surface area contributed by atoms with Crippen molar-refractivity contribution in [2.45, 2.75) is 26.4 Å². The van der Waals surface area contributed by atoms with E-state index < -0.39 is 0 Å². The molecule has 28 heavy (non-hydrogen) atoms. The molecule has 1 aromatic carbocycles. The van der Waals surface area contributed by atoms with Gasteiger partial charge in [-0.2, -0.15) is 10.2 Å². The van der Waals surface area contributed by atoms with E-state index in [9.17, 15) is 0 Å². The number of anilines is 2. The van der Waals surface area contributed by atoms with E-state index in [1.54, 1.807) is 10.9 Å². The maximum absolute atomic E-state index is 6.24. The zero-order valence-corrected chi connectivity index (χ0v) is 17.5. The van der Waals surface area contributed by atoms with Crippen LogP contribution in [0.2, 0.25) is 10.0 Å². The monoisotopic (exact) mass is 433 g/mol. The third-order valence-corrected chi connectivity index (χ3v) is 6.01. The van der Waals surface area contributed by atoms with Gasteiger partial charge in [-0.1, -0.05) is 40.6 Å². The Morgan fingerprint density at radius 1 is 1.14 bits per heavy atom. The molecule has 0 saturated carbocycles. The average Bonchev–Trinajstić information content (AvgIpc) is 3.40. The van der Waals surface area contributed by atoms with Crippen LogP contribution < -0.4 is 5.32 Å². The van der Waals surface area contributed by atoms with Gasteiger partial charge in [0.1, 0.15) is 11.0 Å². The summed E-state index contributed by atoms with van der Waals surface area (Å²) in [6.45, 7) is 4.55. The lowest BCUT2D eigenvalue weighted by molar-refractivity contribution is 0.543. The van der Waals surface area contributed by atoms with E-state index in [2.05, 4.69) is 25.7 Å². The summed E-state index contributed by atoms with van der Waals surface area (Å²) in [7, 11) is 0. The molecule has 3 heterocycles. The highest BCUT2D eigenvalue weighted by molar-refractivity contribution is 7.15. The fraction of sp³-hybridized carbons (Fsp3) is 0.222. The van der Waals surface area contributed by atoms with Crippen LogP contribution in [0.5, 0.6) is 0 Å². The Morgan fingerprint density at radius 2 is 1.93 bits per heavy atom. The molecule has 1 atom stereocenters. The number of nitrogens with one attached hydrogen (secondary N) is 1. The van der Waals surface area contributed by atoms with E-state index in [-0.39, 0.29) is 6.04 Å². The van der Waals surface area contributed by atoms with Crippen LogP contribution in [0.25, 0.3) is 0 Å². The number of halogens is 2. The third-order valence-electron chi connectivity index (χ3n) is 4.29. The van der Waals surface area contributed by atoms with E-state index in [0.717, 1.165) is 16.3 Å². The van der Waals surface area contributed by atoms with Gasteiger partial charge in [0.05, 0.1) is 6.54 Å². The van der Waals surface area contributed by atoms with E-state index in [1.165, 1.54) is 11.3 Å². The first-order valence-corrected chi connectivity index (χ1v) is 10.2. The maximum Gasteiger partial charge on any atom is 0.211 e. The minimum Gasteiger partial charge on any atom is -0.313 e. The summed E-state index contributed by atoms with van der Waals surface area (Å²) in [5.74, 6) is 0.675. The van der Waals surface area contributed by atoms with E-state index in [4.69, 9.17) is 23.2 Å². The van der Waals surface area contributed by atoms with E-state index >= 15 is 0 Å². The van der Waals surface area contributed by atoms with Crippen LogP contribution in [0, 0.1) is 6.92 Å². The highest BCUT2D eigenvalue weighted by Gasteiger charge is 2.16. The fourth-order valence-electron chi connectivity index (χ4n) is 2.82. The van der Waals surface area contributed by atoms with E-state index in [1.807, 2.05) is 55.1 Å². The van der Waals surface area contributed by atoms with Crippen LogP contribution >= 0.6 is 34.5 Å². The second-order valence-corrected chi connectivity index (χ2v) is 8.09. The van der Waals surface area contributed by atoms with Crippen molar-refractivity contribution in [2.24, 2.45) is 0 Å². The van der Waals surface area contributed by atoms with Gasteiger partial charge in [0.15, 0.2) is 5.82 Å². The van der Waals surface area contributed by atoms with Crippen molar-refractivity contribution >= 4 is 45.5 Å². The highest BCUT2D eigenvalue weighted by atomic mass is 35.5. The lowest BCUT2D eigenvalue weighted by atomic mass is 10.2. The summed E-state index contributed by atoms with van der Waals surface area (Å²) in [6.07, 6.45) is 3.64. The molecule has 10 heteroatoms. The van der Waals surface area contributed by atoms with Crippen LogP contribution in [0.4, 0.5) is 10.9 Å². The molecule has 0 fully saturated rings. The van der Waals surface area contributed by atoms with Gasteiger partial charge < -0.3 is 5.32 Å². The topological polar surface area (TPSA) is 73.5 Å². The first kappa shape index (κ1) is 18.9. The lowest BCUT2D eigenvalue weighted by Gasteiger charge is -2.10. The Kier molecular flexibility index (Phi) is 5.34. The maximum atomic E-state index is 6.24. The molecule has 0 radical (unpaired) electrons. The molecule has 4 rings (SSSR count). The molecule has 1 N–H and O–H groups in total. The minimum absolute atomic E-state index is 0.0166. The smallest absolute Gasteiger partial charge is 0.211 e. The number of aromatic nitrogens is 6. The molecule has 0 aliphatic rings. The first-order chi connectivity index (χ1) is 13.5. The first-order valence-electron chi connectivity index (χ1n) is 8.58. The molecular weight excluding hydrogens is 417 g/mol. The summed E-state index contributed by atoms with van der Waals surface area (Å²) in [6, 6.07) is 9.31. The van der Waals surface area contributed by atoms with Crippen molar-refractivity contribution < 1.29 is 0 Å². The third kappa shape index (κ3) is 3.89. The van der Waals surface area contributed by atoms with Gasteiger partial charge in [0, 0.05) is 39.8 Å². The van der Waals surface area contributed by atoms with Crippen LogP contribution in [0.15, 0.2) is 42.7 Å². The van der Waals surface area contributed by atoms with Gasteiger partial charge in [-0.3, -0.25) is 9.36 Å². The van der Waals surface area contributed by atoms with Crippen molar-refractivity contribution in [1.82, 2.24) is 29.8 Å². The molecule has 0 unspecified atom stereocenters. The molecule has 4 aromatic rings. The highest BCUT2D eigenvalue weighted by Crippen LogP contribution is 2.28. The van der Waals surface area contributed by atoms with Crippen LogP contribution in [0.3, 0.4) is 0 Å². The number of hydrogen-bond donors (Lipinski definition) is 1. The van der Waals surface area contributed by atoms with Crippen molar-refractivity contribution in [2.75, 3.05) is 5.32 Å². The number of rotatable bonds is 6. The van der Waals surface area contributed by atoms with Crippen molar-refractivity contribution in [3.05, 3.63) is 69.0 Å². The number of benzene rings is 1. The van der Waals surface area contributed by atoms with Crippen LogP contribution in [-0.4, -0.2) is 29.8 Å². The van der Waals surface area contributed by atoms with Gasteiger partial charge in [0.25, 0.3) is 0 Å². The zero-order chi connectivity index (χ0) is 19.7. The molecule has 0 amide bonds. The summed E-state index contributed by atoms with van der Waals surface area (Å²) in [5, 5.41) is 23.3. The largest absolute Gasteiger partial charge is 0.313 e. The molecule has 0 aliphatic heterocycles. The molecule has 0 saturated heterocycles. The number of hydrogen-bond acceptors (Lipinski definition) is 6. The van der Waals surface area contributed by atoms with Gasteiger partial charge in [-0.05, 0) is 32.0 Å². The van der Waals surface area contributed by atoms with Gasteiger partial charge in [0.2, 0.25) is 5.13 Å². The Balaban J connectivity index is 1.46. The lowest BCUT2D eigenvalue weighted by Crippen LogP contribution is -2.09. The van der Waals surface area contributed by atoms with Gasteiger partial charge in [-0.15, -0.1) is 10.2 Å². The minimum atomic E-state index is 0.0166. The Hall–Kier alpha value is -2.42. The standard InChI is InChI=1S/C18H17Cl2N7S/c1-11-6-8-21-27(11)12(2)17-23-24-18(28-17)22-16-7-9-26(25-16)10-13-14(19)4-3-5-15(13)20/h3-9,12H,10H2,1-2H3,(H,22,24,25)/t12-/m1/s1. The van der Waals surface area contributed by atoms with Crippen LogP contribution in [-0.2, 0) is 6.54 Å². The van der Waals surface area contributed by atoms with Crippen molar-refractivity contribution in [3.63, 3.8) is 0 Å². The molecular formula is C18H17Cl2N7S. The summed E-state index contributed by atoms with van der Waals surface area (Å²) >= 11 is 13.9. The molecule has 7 nitrogen and oxygen atoms in total. The Bertz CT molecular complexity index is 1080. The Labute approximate surface area is 175 Å². The summed E-state index contributed by atoms with van der Waals surface area (Å²) in [5.41, 5.74) is 1.91. The van der Waals surface area contributed by atoms with E-state index in [0.29, 0.717) is 27.5 Å². The Morgan fingerprint density at radius 3 is 2.64 bits per heavy atom. The van der Waals surface area contributed by atoms with Gasteiger partial charge in [-0.25, -0.2) is 0 Å². The molecule has 0 aliphatic carbocycles. The second-order valence-electron chi connectivity index (χ2n) is 6.26. The number of nitrogens with zero attached hydrogens (tertiary/aromatic N) is 6. The summed E-state index contributed by atoms with van der Waals surface area (Å²) < 4.78 is 3.69. The van der Waals surface area contributed by atoms with Crippen molar-refractivity contribution in [1.29, 1.82) is 0 Å². The number of aryl methyl sites for hydroxylation is 1. The van der Waals surface area contributed by atoms with Crippen molar-refractivity contribution in [3.8, 4) is 0 Å².